The first-order chi connectivity index (χ1) is 18.3. The Morgan fingerprint density at radius 2 is 1.95 bits per heavy atom. The minimum atomic E-state index is -0.191. The smallest absolute Gasteiger partial charge is 0.245 e. The van der Waals surface area contributed by atoms with Crippen LogP contribution in [0.2, 0.25) is 0 Å². The summed E-state index contributed by atoms with van der Waals surface area (Å²) in [6, 6.07) is 7.75. The second-order valence-corrected chi connectivity index (χ2v) is 10.6. The van der Waals surface area contributed by atoms with Gasteiger partial charge in [-0.2, -0.15) is 0 Å². The zero-order valence-corrected chi connectivity index (χ0v) is 24.1. The zero-order chi connectivity index (χ0) is 27.7. The second kappa shape index (κ2) is 13.4. The molecule has 1 fully saturated rings. The summed E-state index contributed by atoms with van der Waals surface area (Å²) < 4.78 is 2.30. The van der Waals surface area contributed by atoms with Crippen LogP contribution in [0.5, 0.6) is 0 Å². The van der Waals surface area contributed by atoms with Crippen molar-refractivity contribution in [3.8, 4) is 11.3 Å². The van der Waals surface area contributed by atoms with E-state index in [1.54, 1.807) is 6.92 Å². The summed E-state index contributed by atoms with van der Waals surface area (Å²) in [6.45, 7) is 14.2. The molecule has 0 spiro atoms. The van der Waals surface area contributed by atoms with Gasteiger partial charge < -0.3 is 15.2 Å². The molecule has 0 atom stereocenters. The van der Waals surface area contributed by atoms with Crippen LogP contribution in [0, 0.1) is 0 Å². The zero-order valence-electron chi connectivity index (χ0n) is 23.3. The highest BCUT2D eigenvalue weighted by Crippen LogP contribution is 2.42. The lowest BCUT2D eigenvalue weighted by atomic mass is 9.74. The summed E-state index contributed by atoms with van der Waals surface area (Å²) in [7, 11) is 0. The third kappa shape index (κ3) is 6.90. The number of nitrogens with one attached hydrogen (secondary N) is 2. The standard InChI is InChI=1S/C28H32N4O2S.C3H8/c1-5-8-21-9-10-22(15-24(21)20(4)33)25-18-35-27(30-25)31-26(34)16-29-19(3)23-11-14-32(17-23)28(6-2)12-7-13-28;1-3-2/h5,8-11,14-15,17-18,29H,3,6-7,12-13,16H2,1-2,4H3,(H,30,31,34);3H2,1-2H3/b8-5-;. The summed E-state index contributed by atoms with van der Waals surface area (Å²) in [5.41, 5.74) is 5.06. The highest BCUT2D eigenvalue weighted by atomic mass is 32.1. The SMILES string of the molecule is C=C(NCC(=O)Nc1nc(-c2ccc(/C=C\C)c(C(C)=O)c2)cs1)c1ccn(C2(CC)CCC2)c1.CCC. The van der Waals surface area contributed by atoms with E-state index in [2.05, 4.69) is 59.9 Å². The highest BCUT2D eigenvalue weighted by molar-refractivity contribution is 7.14. The van der Waals surface area contributed by atoms with Crippen LogP contribution >= 0.6 is 11.3 Å². The number of nitrogens with zero attached hydrogens (tertiary/aromatic N) is 2. The Morgan fingerprint density at radius 3 is 2.55 bits per heavy atom. The largest absolute Gasteiger partial charge is 0.376 e. The predicted molar refractivity (Wildman–Crippen MR) is 160 cm³/mol. The molecule has 7 heteroatoms. The maximum atomic E-state index is 12.5. The van der Waals surface area contributed by atoms with Gasteiger partial charge in [-0.15, -0.1) is 11.3 Å². The summed E-state index contributed by atoms with van der Waals surface area (Å²) in [5, 5.41) is 8.37. The van der Waals surface area contributed by atoms with Crippen molar-refractivity contribution in [3.05, 3.63) is 71.4 Å². The molecule has 0 aliphatic heterocycles. The molecular formula is C31H40N4O2S. The van der Waals surface area contributed by atoms with Crippen LogP contribution in [0.25, 0.3) is 23.0 Å². The van der Waals surface area contributed by atoms with E-state index in [0.717, 1.165) is 34.5 Å². The maximum absolute atomic E-state index is 12.5. The second-order valence-electron chi connectivity index (χ2n) is 9.72. The van der Waals surface area contributed by atoms with Crippen LogP contribution in [0.15, 0.2) is 54.7 Å². The lowest BCUT2D eigenvalue weighted by Crippen LogP contribution is -2.39. The van der Waals surface area contributed by atoms with Crippen molar-refractivity contribution in [2.24, 2.45) is 0 Å². The Labute approximate surface area is 230 Å². The van der Waals surface area contributed by atoms with Gasteiger partial charge >= 0.3 is 0 Å². The number of carbonyl (C=O) groups excluding carboxylic acids is 2. The van der Waals surface area contributed by atoms with Crippen LogP contribution < -0.4 is 10.6 Å². The topological polar surface area (TPSA) is 76.0 Å². The van der Waals surface area contributed by atoms with Gasteiger partial charge in [-0.25, -0.2) is 4.98 Å². The van der Waals surface area contributed by atoms with Gasteiger partial charge in [0.2, 0.25) is 5.91 Å². The van der Waals surface area contributed by atoms with E-state index in [9.17, 15) is 9.59 Å². The monoisotopic (exact) mass is 532 g/mol. The van der Waals surface area contributed by atoms with Crippen LogP contribution in [0.3, 0.4) is 0 Å². The summed E-state index contributed by atoms with van der Waals surface area (Å²) in [4.78, 5) is 29.1. The van der Waals surface area contributed by atoms with Crippen molar-refractivity contribution in [1.82, 2.24) is 14.9 Å². The number of benzene rings is 1. The highest BCUT2D eigenvalue weighted by Gasteiger charge is 2.36. The molecule has 38 heavy (non-hydrogen) atoms. The quantitative estimate of drug-likeness (QED) is 0.262. The molecule has 1 aliphatic rings. The number of ketones is 1. The molecule has 6 nitrogen and oxygen atoms in total. The molecule has 1 amide bonds. The fourth-order valence-electron chi connectivity index (χ4n) is 4.51. The number of allylic oxidation sites excluding steroid dienone is 1. The number of aromatic nitrogens is 2. The first kappa shape index (κ1) is 29.1. The van der Waals surface area contributed by atoms with E-state index < -0.39 is 0 Å². The number of amides is 1. The molecule has 4 rings (SSSR count). The summed E-state index contributed by atoms with van der Waals surface area (Å²) in [6.07, 6.45) is 14.1. The summed E-state index contributed by atoms with van der Waals surface area (Å²) in [5.74, 6) is -0.189. The number of carbonyl (C=O) groups is 2. The van der Waals surface area contributed by atoms with Gasteiger partial charge in [0.15, 0.2) is 10.9 Å². The van der Waals surface area contributed by atoms with Gasteiger partial charge in [0.05, 0.1) is 12.2 Å². The molecule has 1 aliphatic carbocycles. The minimum Gasteiger partial charge on any atom is -0.376 e. The molecule has 202 valence electrons. The molecule has 2 aromatic heterocycles. The van der Waals surface area contributed by atoms with Gasteiger partial charge in [-0.1, -0.05) is 58.1 Å². The van der Waals surface area contributed by atoms with Crippen molar-refractivity contribution in [1.29, 1.82) is 0 Å². The van der Waals surface area contributed by atoms with Gasteiger partial charge in [0.25, 0.3) is 0 Å². The molecule has 0 saturated heterocycles. The van der Waals surface area contributed by atoms with Crippen molar-refractivity contribution in [3.63, 3.8) is 0 Å². The molecule has 0 bridgehead atoms. The molecule has 0 unspecified atom stereocenters. The summed E-state index contributed by atoms with van der Waals surface area (Å²) >= 11 is 1.35. The van der Waals surface area contributed by atoms with Crippen molar-refractivity contribution in [2.45, 2.75) is 72.3 Å². The molecule has 2 N–H and O–H groups in total. The number of hydrogen-bond acceptors (Lipinski definition) is 5. The first-order valence-corrected chi connectivity index (χ1v) is 14.3. The lowest BCUT2D eigenvalue weighted by molar-refractivity contribution is -0.115. The molecule has 2 heterocycles. The van der Waals surface area contributed by atoms with Crippen LogP contribution in [0.1, 0.15) is 88.2 Å². The van der Waals surface area contributed by atoms with Crippen molar-refractivity contribution in [2.75, 3.05) is 11.9 Å². The average Bonchev–Trinajstić information content (AvgIpc) is 3.54. The molecule has 1 saturated carbocycles. The van der Waals surface area contributed by atoms with E-state index in [4.69, 9.17) is 0 Å². The van der Waals surface area contributed by atoms with Crippen LogP contribution in [-0.2, 0) is 10.3 Å². The number of thiazole rings is 1. The Hall–Kier alpha value is -3.45. The molecule has 1 aromatic carbocycles. The van der Waals surface area contributed by atoms with Gasteiger partial charge in [0.1, 0.15) is 0 Å². The Balaban J connectivity index is 0.00000127. The molecular weight excluding hydrogens is 492 g/mol. The Morgan fingerprint density at radius 1 is 1.21 bits per heavy atom. The van der Waals surface area contributed by atoms with Crippen molar-refractivity contribution >= 4 is 39.9 Å². The normalized spacial score (nSPS) is 13.8. The van der Waals surface area contributed by atoms with E-state index in [1.165, 1.54) is 37.0 Å². The number of Topliss-reactive ketones (excluding diaryl/α,β-unsaturated/α-hetero) is 1. The lowest BCUT2D eigenvalue weighted by Gasteiger charge is -2.43. The number of rotatable bonds is 10. The Bertz CT molecular complexity index is 1290. The fourth-order valence-corrected chi connectivity index (χ4v) is 5.25. The van der Waals surface area contributed by atoms with Crippen molar-refractivity contribution < 1.29 is 9.59 Å². The Kier molecular flexibility index (Phi) is 10.2. The van der Waals surface area contributed by atoms with Crippen LogP contribution in [0.4, 0.5) is 5.13 Å². The van der Waals surface area contributed by atoms with E-state index >= 15 is 0 Å². The third-order valence-electron chi connectivity index (χ3n) is 6.82. The fraction of sp³-hybridized carbons (Fsp3) is 0.387. The van der Waals surface area contributed by atoms with Gasteiger partial charge in [0, 0.05) is 45.7 Å². The maximum Gasteiger partial charge on any atom is 0.245 e. The third-order valence-corrected chi connectivity index (χ3v) is 7.58. The molecule has 3 aromatic rings. The van der Waals surface area contributed by atoms with Gasteiger partial charge in [-0.05, 0) is 57.2 Å². The van der Waals surface area contributed by atoms with E-state index in [-0.39, 0.29) is 23.8 Å². The van der Waals surface area contributed by atoms with Crippen LogP contribution in [-0.4, -0.2) is 27.8 Å². The van der Waals surface area contributed by atoms with Gasteiger partial charge in [-0.3, -0.25) is 9.59 Å². The van der Waals surface area contributed by atoms with E-state index in [0.29, 0.717) is 10.7 Å². The van der Waals surface area contributed by atoms with E-state index in [1.807, 2.05) is 48.7 Å². The number of hydrogen-bond donors (Lipinski definition) is 2. The number of anilines is 1. The average molecular weight is 533 g/mol. The minimum absolute atomic E-state index is 0.00269. The predicted octanol–water partition coefficient (Wildman–Crippen LogP) is 7.75. The molecule has 0 radical (unpaired) electrons. The first-order valence-electron chi connectivity index (χ1n) is 13.4.